The maximum absolute atomic E-state index is 11.0. The van der Waals surface area contributed by atoms with Crippen molar-refractivity contribution >= 4 is 84.9 Å². The lowest BCUT2D eigenvalue weighted by atomic mass is 10.2. The third-order valence-electron chi connectivity index (χ3n) is 2.52. The average molecular weight is 495 g/mol. The Bertz CT molecular complexity index is 818. The zero-order valence-electron chi connectivity index (χ0n) is 13.7. The molecule has 1 aromatic carbocycles. The molecule has 0 aliphatic heterocycles. The molecule has 152 valence electrons. The van der Waals surface area contributed by atoms with Crippen LogP contribution in [0.4, 0.5) is 11.4 Å². The molecule has 0 atom stereocenters. The monoisotopic (exact) mass is 494 g/mol. The van der Waals surface area contributed by atoms with Gasteiger partial charge in [-0.3, -0.25) is 10.2 Å². The molecule has 0 radical (unpaired) electrons. The molecule has 0 heterocycles. The van der Waals surface area contributed by atoms with E-state index < -0.39 is 15.5 Å². The van der Waals surface area contributed by atoms with Crippen molar-refractivity contribution in [2.24, 2.45) is 0 Å². The summed E-state index contributed by atoms with van der Waals surface area (Å²) in [5.41, 5.74) is 0.671. The fourth-order valence-corrected chi connectivity index (χ4v) is 4.32. The van der Waals surface area contributed by atoms with Crippen LogP contribution in [0.15, 0.2) is 17.0 Å². The van der Waals surface area contributed by atoms with Crippen LogP contribution in [0.3, 0.4) is 0 Å². The molecule has 0 saturated carbocycles. The van der Waals surface area contributed by atoms with E-state index in [9.17, 15) is 9.13 Å². The largest absolute Gasteiger partial charge is 0.429 e. The molecule has 16 heteroatoms. The Morgan fingerprint density at radius 3 is 1.96 bits per heavy atom. The van der Waals surface area contributed by atoms with Crippen molar-refractivity contribution in [1.29, 1.82) is 0 Å². The summed E-state index contributed by atoms with van der Waals surface area (Å²) in [6, 6.07) is 3.01. The van der Waals surface area contributed by atoms with E-state index in [0.717, 1.165) is 12.2 Å². The predicted octanol–water partition coefficient (Wildman–Crippen LogP) is 2.60. The van der Waals surface area contributed by atoms with Crippen LogP contribution < -0.4 is 20.8 Å². The van der Waals surface area contributed by atoms with Gasteiger partial charge in [0.15, 0.2) is 10.2 Å². The molecule has 8 N–H and O–H groups in total. The van der Waals surface area contributed by atoms with Gasteiger partial charge >= 0.3 is 15.5 Å². The molecule has 1 aromatic rings. The van der Waals surface area contributed by atoms with E-state index >= 15 is 0 Å². The minimum absolute atomic E-state index is 0.132. The van der Waals surface area contributed by atoms with Crippen molar-refractivity contribution in [1.82, 2.24) is 10.2 Å². The summed E-state index contributed by atoms with van der Waals surface area (Å²) in [4.78, 5) is 36.2. The van der Waals surface area contributed by atoms with Gasteiger partial charge in [-0.2, -0.15) is 0 Å². The minimum Gasteiger partial charge on any atom is -0.331 e. The summed E-state index contributed by atoms with van der Waals surface area (Å²) in [5, 5.41) is 8.42. The summed E-state index contributed by atoms with van der Waals surface area (Å²) in [5.74, 6) is 0.722. The summed E-state index contributed by atoms with van der Waals surface area (Å²) >= 11 is 17.3. The lowest BCUT2D eigenvalue weighted by Crippen LogP contribution is -2.26. The highest BCUT2D eigenvalue weighted by atomic mass is 35.5. The summed E-state index contributed by atoms with van der Waals surface area (Å²) in [7, 11) is -9.13. The van der Waals surface area contributed by atoms with E-state index in [2.05, 4.69) is 10.6 Å². The van der Waals surface area contributed by atoms with Gasteiger partial charge in [-0.1, -0.05) is 18.5 Å². The van der Waals surface area contributed by atoms with Crippen LogP contribution in [0.5, 0.6) is 0 Å². The number of thioether (sulfide) groups is 1. The Morgan fingerprint density at radius 1 is 1.04 bits per heavy atom. The van der Waals surface area contributed by atoms with Crippen molar-refractivity contribution in [2.45, 2.75) is 18.2 Å². The summed E-state index contributed by atoms with van der Waals surface area (Å²) in [6.45, 7) is 1.97. The fraction of sp³-hybridized carbons (Fsp3) is 0.273. The van der Waals surface area contributed by atoms with E-state index in [4.69, 9.17) is 55.6 Å². The van der Waals surface area contributed by atoms with E-state index in [-0.39, 0.29) is 20.9 Å². The smallest absolute Gasteiger partial charge is 0.331 e. The second kappa shape index (κ2) is 10.4. The first-order valence-corrected chi connectivity index (χ1v) is 12.5. The molecular weight excluding hydrogens is 478 g/mol. The number of hydrogen-bond acceptors (Lipinski definition) is 5. The summed E-state index contributed by atoms with van der Waals surface area (Å²) in [6.07, 6.45) is 0.846. The van der Waals surface area contributed by atoms with E-state index in [1.54, 1.807) is 6.07 Å². The molecule has 0 fully saturated rings. The van der Waals surface area contributed by atoms with Gasteiger partial charge in [0.1, 0.15) is 0 Å². The Kier molecular flexibility index (Phi) is 9.43. The number of thiocarbonyl (C=S) groups is 2. The van der Waals surface area contributed by atoms with Gasteiger partial charge in [-0.15, -0.1) is 11.8 Å². The second-order valence-electron chi connectivity index (χ2n) is 4.90. The Morgan fingerprint density at radius 2 is 1.52 bits per heavy atom. The molecule has 0 aliphatic rings. The zero-order valence-corrected chi connectivity index (χ0v) is 18.7. The molecule has 0 aromatic heterocycles. The van der Waals surface area contributed by atoms with Gasteiger partial charge < -0.3 is 30.2 Å². The fourth-order valence-electron chi connectivity index (χ4n) is 1.64. The quantitative estimate of drug-likeness (QED) is 0.159. The normalized spacial score (nSPS) is 11.6. The van der Waals surface area contributed by atoms with Gasteiger partial charge in [0.05, 0.1) is 16.4 Å². The highest BCUT2D eigenvalue weighted by Crippen LogP contribution is 2.37. The van der Waals surface area contributed by atoms with Crippen LogP contribution in [-0.2, 0) is 9.13 Å². The lowest BCUT2D eigenvalue weighted by molar-refractivity contribution is 0.365. The molecule has 0 saturated heterocycles. The SMILES string of the molecule is CCCSc1cc(NC(=S)NP(=O)(O)O)c(Cl)cc1NC(=S)NP(=O)(O)O. The van der Waals surface area contributed by atoms with Gasteiger partial charge in [0.2, 0.25) is 0 Å². The van der Waals surface area contributed by atoms with Gasteiger partial charge in [-0.25, -0.2) is 9.13 Å². The van der Waals surface area contributed by atoms with Crippen LogP contribution in [0.1, 0.15) is 13.3 Å². The van der Waals surface area contributed by atoms with E-state index in [0.29, 0.717) is 10.6 Å². The van der Waals surface area contributed by atoms with E-state index in [1.807, 2.05) is 17.1 Å². The molecule has 0 aliphatic carbocycles. The number of rotatable bonds is 7. The number of nitrogens with one attached hydrogen (secondary N) is 4. The molecule has 27 heavy (non-hydrogen) atoms. The van der Waals surface area contributed by atoms with Crippen molar-refractivity contribution in [2.75, 3.05) is 16.4 Å². The maximum atomic E-state index is 11.0. The Balaban J connectivity index is 3.09. The predicted molar refractivity (Wildman–Crippen MR) is 115 cm³/mol. The zero-order chi connectivity index (χ0) is 20.8. The lowest BCUT2D eigenvalue weighted by Gasteiger charge is -2.18. The van der Waals surface area contributed by atoms with Gasteiger partial charge in [0.25, 0.3) is 0 Å². The van der Waals surface area contributed by atoms with Gasteiger partial charge in [-0.05, 0) is 48.7 Å². The van der Waals surface area contributed by atoms with Gasteiger partial charge in [0, 0.05) is 4.90 Å². The number of benzene rings is 1. The van der Waals surface area contributed by atoms with Crippen molar-refractivity contribution in [3.05, 3.63) is 17.2 Å². The topological polar surface area (TPSA) is 163 Å². The average Bonchev–Trinajstić information content (AvgIpc) is 2.44. The minimum atomic E-state index is -4.57. The number of halogens is 1. The molecule has 0 amide bonds. The molecular formula is C11H17ClN4O6P2S3. The first-order chi connectivity index (χ1) is 12.3. The third kappa shape index (κ3) is 10.0. The van der Waals surface area contributed by atoms with Crippen LogP contribution in [0.25, 0.3) is 0 Å². The highest BCUT2D eigenvalue weighted by molar-refractivity contribution is 7.99. The van der Waals surface area contributed by atoms with Crippen LogP contribution in [-0.4, -0.2) is 35.6 Å². The molecule has 10 nitrogen and oxygen atoms in total. The maximum Gasteiger partial charge on any atom is 0.429 e. The Labute approximate surface area is 175 Å². The number of anilines is 2. The van der Waals surface area contributed by atoms with Crippen molar-refractivity contribution in [3.8, 4) is 0 Å². The third-order valence-corrected chi connectivity index (χ3v) is 5.84. The van der Waals surface area contributed by atoms with E-state index in [1.165, 1.54) is 17.8 Å². The summed E-state index contributed by atoms with van der Waals surface area (Å²) < 4.78 is 21.9. The van der Waals surface area contributed by atoms with Crippen LogP contribution >= 0.6 is 63.3 Å². The molecule has 0 unspecified atom stereocenters. The standard InChI is InChI=1S/C11H17ClN4O6P2S3/c1-2-3-27-9-5-7(13-10(25)15-23(17,18)19)6(12)4-8(9)14-11(26)16-24(20,21)22/h4-5H,2-3H2,1H3,(H4,13,15,17,18,19,25)(H4,14,16,20,21,22,26). The molecule has 0 bridgehead atoms. The first kappa shape index (κ1) is 24.6. The second-order valence-corrected chi connectivity index (χ2v) is 9.88. The highest BCUT2D eigenvalue weighted by Gasteiger charge is 2.18. The van der Waals surface area contributed by atoms with Crippen LogP contribution in [0, 0.1) is 0 Å². The molecule has 0 spiro atoms. The first-order valence-electron chi connectivity index (χ1n) is 7.06. The van der Waals surface area contributed by atoms with Crippen molar-refractivity contribution < 1.29 is 28.7 Å². The van der Waals surface area contributed by atoms with Crippen LogP contribution in [0.2, 0.25) is 5.02 Å². The molecule has 1 rings (SSSR count). The van der Waals surface area contributed by atoms with Crippen molar-refractivity contribution in [3.63, 3.8) is 0 Å². The Hall–Kier alpha value is -0.460. The number of hydrogen-bond donors (Lipinski definition) is 8.